The molecule has 0 spiro atoms. The summed E-state index contributed by atoms with van der Waals surface area (Å²) in [6, 6.07) is 8.92. The Morgan fingerprint density at radius 2 is 1.95 bits per heavy atom. The first-order valence-corrected chi connectivity index (χ1v) is 6.36. The zero-order valence-electron chi connectivity index (χ0n) is 11.7. The van der Waals surface area contributed by atoms with Crippen molar-refractivity contribution >= 4 is 5.91 Å². The summed E-state index contributed by atoms with van der Waals surface area (Å²) in [4.78, 5) is 17.3. The van der Waals surface area contributed by atoms with Crippen molar-refractivity contribution in [1.29, 1.82) is 0 Å². The Bertz CT molecular complexity index is 645. The maximum atomic E-state index is 12.4. The molecule has 0 atom stereocenters. The lowest BCUT2D eigenvalue weighted by atomic mass is 10.1. The predicted octanol–water partition coefficient (Wildman–Crippen LogP) is 3.25. The van der Waals surface area contributed by atoms with Crippen molar-refractivity contribution in [2.24, 2.45) is 0 Å². The van der Waals surface area contributed by atoms with E-state index in [9.17, 15) is 18.0 Å². The fourth-order valence-corrected chi connectivity index (χ4v) is 1.90. The minimum Gasteiger partial charge on any atom is -0.405 e. The van der Waals surface area contributed by atoms with Crippen molar-refractivity contribution in [3.8, 4) is 5.75 Å². The zero-order valence-corrected chi connectivity index (χ0v) is 11.7. The molecule has 22 heavy (non-hydrogen) atoms. The molecule has 1 amide bonds. The molecule has 0 unspecified atom stereocenters. The summed E-state index contributed by atoms with van der Waals surface area (Å²) in [6.07, 6.45) is -1.85. The molecule has 0 aliphatic rings. The van der Waals surface area contributed by atoms with Crippen LogP contribution in [0.3, 0.4) is 0 Å². The van der Waals surface area contributed by atoms with Gasteiger partial charge in [0.15, 0.2) is 0 Å². The highest BCUT2D eigenvalue weighted by atomic mass is 19.4. The van der Waals surface area contributed by atoms with Crippen molar-refractivity contribution in [3.63, 3.8) is 0 Å². The molecule has 2 aromatic rings. The first-order chi connectivity index (χ1) is 10.4. The van der Waals surface area contributed by atoms with Gasteiger partial charge >= 0.3 is 6.36 Å². The molecule has 1 heterocycles. The van der Waals surface area contributed by atoms with Gasteiger partial charge in [-0.3, -0.25) is 9.78 Å². The van der Waals surface area contributed by atoms with Gasteiger partial charge < -0.3 is 9.64 Å². The second-order valence-electron chi connectivity index (χ2n) is 4.56. The van der Waals surface area contributed by atoms with Crippen LogP contribution in [0.5, 0.6) is 5.75 Å². The van der Waals surface area contributed by atoms with Crippen LogP contribution in [0.4, 0.5) is 13.2 Å². The number of carbonyl (C=O) groups is 1. The van der Waals surface area contributed by atoms with E-state index in [0.717, 1.165) is 0 Å². The Balaban J connectivity index is 2.15. The van der Waals surface area contributed by atoms with Crippen LogP contribution in [-0.4, -0.2) is 29.2 Å². The van der Waals surface area contributed by atoms with Crippen LogP contribution in [0.2, 0.25) is 0 Å². The maximum Gasteiger partial charge on any atom is 0.573 e. The SMILES string of the molecule is CN(Cc1ccccc1OC(F)(F)F)C(=O)c1cccnc1. The van der Waals surface area contributed by atoms with Crippen molar-refractivity contribution in [2.75, 3.05) is 7.05 Å². The molecule has 116 valence electrons. The number of alkyl halides is 3. The Morgan fingerprint density at radius 3 is 2.59 bits per heavy atom. The summed E-state index contributed by atoms with van der Waals surface area (Å²) in [6.45, 7) is -0.0139. The van der Waals surface area contributed by atoms with Crippen molar-refractivity contribution in [1.82, 2.24) is 9.88 Å². The van der Waals surface area contributed by atoms with E-state index in [1.54, 1.807) is 18.2 Å². The summed E-state index contributed by atoms with van der Waals surface area (Å²) < 4.78 is 41.1. The number of halogens is 3. The second kappa shape index (κ2) is 6.46. The van der Waals surface area contributed by atoms with Crippen LogP contribution >= 0.6 is 0 Å². The van der Waals surface area contributed by atoms with Gasteiger partial charge in [0.25, 0.3) is 5.91 Å². The van der Waals surface area contributed by atoms with Gasteiger partial charge in [0.1, 0.15) is 5.75 Å². The van der Waals surface area contributed by atoms with E-state index in [1.807, 2.05) is 0 Å². The van der Waals surface area contributed by atoms with Crippen LogP contribution in [0.25, 0.3) is 0 Å². The number of ether oxygens (including phenoxy) is 1. The van der Waals surface area contributed by atoms with Crippen molar-refractivity contribution < 1.29 is 22.7 Å². The normalized spacial score (nSPS) is 11.1. The van der Waals surface area contributed by atoms with Crippen LogP contribution in [0.1, 0.15) is 15.9 Å². The molecule has 0 aliphatic heterocycles. The van der Waals surface area contributed by atoms with Gasteiger partial charge in [0.2, 0.25) is 0 Å². The number of benzene rings is 1. The smallest absolute Gasteiger partial charge is 0.405 e. The molecule has 0 aliphatic carbocycles. The Hall–Kier alpha value is -2.57. The fourth-order valence-electron chi connectivity index (χ4n) is 1.90. The highest BCUT2D eigenvalue weighted by Gasteiger charge is 2.32. The first kappa shape index (κ1) is 15.8. The third kappa shape index (κ3) is 4.21. The molecule has 0 N–H and O–H groups in total. The molecule has 2 rings (SSSR count). The van der Waals surface area contributed by atoms with E-state index in [1.165, 1.54) is 42.5 Å². The number of pyridine rings is 1. The van der Waals surface area contributed by atoms with E-state index in [0.29, 0.717) is 5.56 Å². The van der Waals surface area contributed by atoms with Gasteiger partial charge in [0, 0.05) is 31.5 Å². The molecular formula is C15H13F3N2O2. The van der Waals surface area contributed by atoms with Gasteiger partial charge in [-0.05, 0) is 18.2 Å². The molecule has 1 aromatic carbocycles. The number of aromatic nitrogens is 1. The average molecular weight is 310 g/mol. The summed E-state index contributed by atoms with van der Waals surface area (Å²) in [7, 11) is 1.50. The summed E-state index contributed by atoms with van der Waals surface area (Å²) >= 11 is 0. The molecule has 0 bridgehead atoms. The van der Waals surface area contributed by atoms with E-state index < -0.39 is 6.36 Å². The Labute approximate surface area is 125 Å². The number of hydrogen-bond donors (Lipinski definition) is 0. The van der Waals surface area contributed by atoms with E-state index in [4.69, 9.17) is 0 Å². The molecule has 0 radical (unpaired) electrons. The number of amides is 1. The topological polar surface area (TPSA) is 42.4 Å². The second-order valence-corrected chi connectivity index (χ2v) is 4.56. The largest absolute Gasteiger partial charge is 0.573 e. The number of rotatable bonds is 4. The first-order valence-electron chi connectivity index (χ1n) is 6.36. The summed E-state index contributed by atoms with van der Waals surface area (Å²) in [5.74, 6) is -0.657. The lowest BCUT2D eigenvalue weighted by Gasteiger charge is -2.19. The lowest BCUT2D eigenvalue weighted by Crippen LogP contribution is -2.27. The van der Waals surface area contributed by atoms with Gasteiger partial charge in [-0.25, -0.2) is 0 Å². The Kier molecular flexibility index (Phi) is 4.65. The molecular weight excluding hydrogens is 297 g/mol. The van der Waals surface area contributed by atoms with E-state index in [2.05, 4.69) is 9.72 Å². The monoisotopic (exact) mass is 310 g/mol. The predicted molar refractivity (Wildman–Crippen MR) is 73.2 cm³/mol. The number of nitrogens with zero attached hydrogens (tertiary/aromatic N) is 2. The molecule has 0 fully saturated rings. The highest BCUT2D eigenvalue weighted by Crippen LogP contribution is 2.27. The van der Waals surface area contributed by atoms with Crippen LogP contribution in [0.15, 0.2) is 48.8 Å². The standard InChI is InChI=1S/C15H13F3N2O2/c1-20(14(21)11-6-4-8-19-9-11)10-12-5-2-3-7-13(12)22-15(16,17)18/h2-9H,10H2,1H3. The molecule has 0 saturated heterocycles. The molecule has 1 aromatic heterocycles. The lowest BCUT2D eigenvalue weighted by molar-refractivity contribution is -0.274. The fraction of sp³-hybridized carbons (Fsp3) is 0.200. The minimum absolute atomic E-state index is 0.0139. The molecule has 0 saturated carbocycles. The van der Waals surface area contributed by atoms with E-state index >= 15 is 0 Å². The number of hydrogen-bond acceptors (Lipinski definition) is 3. The van der Waals surface area contributed by atoms with Crippen LogP contribution < -0.4 is 4.74 Å². The maximum absolute atomic E-state index is 12.4. The van der Waals surface area contributed by atoms with Gasteiger partial charge in [0.05, 0.1) is 5.56 Å². The average Bonchev–Trinajstić information content (AvgIpc) is 2.48. The summed E-state index contributed by atoms with van der Waals surface area (Å²) in [5.41, 5.74) is 0.624. The minimum atomic E-state index is -4.78. The third-order valence-electron chi connectivity index (χ3n) is 2.86. The van der Waals surface area contributed by atoms with Gasteiger partial charge in [-0.1, -0.05) is 18.2 Å². The van der Waals surface area contributed by atoms with Gasteiger partial charge in [-0.2, -0.15) is 0 Å². The van der Waals surface area contributed by atoms with Crippen molar-refractivity contribution in [2.45, 2.75) is 12.9 Å². The Morgan fingerprint density at radius 1 is 1.23 bits per heavy atom. The number of para-hydroxylation sites is 1. The molecule has 4 nitrogen and oxygen atoms in total. The highest BCUT2D eigenvalue weighted by molar-refractivity contribution is 5.93. The van der Waals surface area contributed by atoms with E-state index in [-0.39, 0.29) is 23.8 Å². The number of carbonyl (C=O) groups excluding carboxylic acids is 1. The van der Waals surface area contributed by atoms with Crippen molar-refractivity contribution in [3.05, 3.63) is 59.9 Å². The summed E-state index contributed by atoms with van der Waals surface area (Å²) in [5, 5.41) is 0. The third-order valence-corrected chi connectivity index (χ3v) is 2.86. The van der Waals surface area contributed by atoms with Gasteiger partial charge in [-0.15, -0.1) is 13.2 Å². The van der Waals surface area contributed by atoms with Crippen LogP contribution in [-0.2, 0) is 6.54 Å². The zero-order chi connectivity index (χ0) is 16.2. The molecule has 7 heteroatoms. The quantitative estimate of drug-likeness (QED) is 0.870. The van der Waals surface area contributed by atoms with Crippen LogP contribution in [0, 0.1) is 0 Å².